The Kier molecular flexibility index (Phi) is 10.8. The van der Waals surface area contributed by atoms with Crippen LogP contribution in [0.5, 0.6) is 17.2 Å². The van der Waals surface area contributed by atoms with Crippen LogP contribution >= 0.6 is 0 Å². The third-order valence-corrected chi connectivity index (χ3v) is 9.77. The molecule has 0 radical (unpaired) electrons. The zero-order valence-electron chi connectivity index (χ0n) is 25.2. The van der Waals surface area contributed by atoms with Crippen LogP contribution in [0.15, 0.2) is 59.2 Å². The molecule has 0 aromatic heterocycles. The quantitative estimate of drug-likeness (QED) is 0.275. The van der Waals surface area contributed by atoms with Gasteiger partial charge >= 0.3 is 0 Å². The zero-order chi connectivity index (χ0) is 31.8. The van der Waals surface area contributed by atoms with E-state index < -0.39 is 22.2 Å². The molecule has 2 N–H and O–H groups in total. The van der Waals surface area contributed by atoms with E-state index in [1.54, 1.807) is 23.1 Å². The number of carbonyl (C=O) groups is 2. The van der Waals surface area contributed by atoms with Gasteiger partial charge < -0.3 is 39.0 Å². The molecular formula is C31H39N3O10S. The number of rotatable bonds is 15. The highest BCUT2D eigenvalue weighted by molar-refractivity contribution is 7.89. The number of nitrogens with one attached hydrogen (secondary N) is 1. The fourth-order valence-electron chi connectivity index (χ4n) is 5.44. The van der Waals surface area contributed by atoms with Gasteiger partial charge in [0.15, 0.2) is 17.3 Å². The summed E-state index contributed by atoms with van der Waals surface area (Å²) in [6.45, 7) is 1.22. The van der Waals surface area contributed by atoms with Gasteiger partial charge in [0, 0.05) is 51.5 Å². The monoisotopic (exact) mass is 645 g/mol. The second kappa shape index (κ2) is 15.0. The molecule has 2 aromatic carbocycles. The van der Waals surface area contributed by atoms with Gasteiger partial charge in [-0.1, -0.05) is 6.07 Å². The molecule has 3 heterocycles. The molecule has 3 aliphatic rings. The lowest BCUT2D eigenvalue weighted by Crippen LogP contribution is -2.38. The molecule has 13 nitrogen and oxygen atoms in total. The van der Waals surface area contributed by atoms with E-state index in [0.29, 0.717) is 49.6 Å². The van der Waals surface area contributed by atoms with Gasteiger partial charge in [-0.2, -0.15) is 4.31 Å². The van der Waals surface area contributed by atoms with Gasteiger partial charge in [0.1, 0.15) is 5.75 Å². The zero-order valence-corrected chi connectivity index (χ0v) is 26.0. The Labute approximate surface area is 262 Å². The second-order valence-electron chi connectivity index (χ2n) is 10.8. The Bertz CT molecular complexity index is 1480. The molecule has 0 aliphatic carbocycles. The van der Waals surface area contributed by atoms with Crippen molar-refractivity contribution in [3.05, 3.63) is 59.9 Å². The summed E-state index contributed by atoms with van der Waals surface area (Å²) in [5, 5.41) is 12.4. The van der Waals surface area contributed by atoms with Crippen LogP contribution in [0.1, 0.15) is 37.2 Å². The molecular weight excluding hydrogens is 606 g/mol. The number of likely N-dealkylation sites (tertiary alicyclic amines) is 1. The second-order valence-corrected chi connectivity index (χ2v) is 12.7. The lowest BCUT2D eigenvalue weighted by atomic mass is 9.92. The van der Waals surface area contributed by atoms with Crippen LogP contribution in [-0.4, -0.2) is 101 Å². The number of hydrogen-bond donors (Lipinski definition) is 2. The van der Waals surface area contributed by atoms with Gasteiger partial charge in [-0.25, -0.2) is 8.42 Å². The predicted molar refractivity (Wildman–Crippen MR) is 161 cm³/mol. The first-order valence-electron chi connectivity index (χ1n) is 15.0. The van der Waals surface area contributed by atoms with E-state index in [2.05, 4.69) is 5.32 Å². The fraction of sp³-hybridized carbons (Fsp3) is 0.484. The highest BCUT2D eigenvalue weighted by Gasteiger charge is 2.31. The van der Waals surface area contributed by atoms with Crippen molar-refractivity contribution in [2.75, 3.05) is 59.8 Å². The Morgan fingerprint density at radius 1 is 1.13 bits per heavy atom. The van der Waals surface area contributed by atoms with Crippen molar-refractivity contribution in [2.24, 2.45) is 0 Å². The van der Waals surface area contributed by atoms with Gasteiger partial charge in [0.2, 0.25) is 29.0 Å². The number of benzene rings is 2. The normalized spacial score (nSPS) is 19.4. The number of allylic oxidation sites excluding steroid dienone is 1. The molecule has 5 rings (SSSR count). The van der Waals surface area contributed by atoms with Crippen LogP contribution in [0.3, 0.4) is 0 Å². The van der Waals surface area contributed by atoms with Crippen LogP contribution in [-0.2, 0) is 29.1 Å². The summed E-state index contributed by atoms with van der Waals surface area (Å²) >= 11 is 0. The van der Waals surface area contributed by atoms with Crippen LogP contribution in [0.2, 0.25) is 0 Å². The lowest BCUT2D eigenvalue weighted by Gasteiger charge is -2.30. The first kappa shape index (κ1) is 32.5. The van der Waals surface area contributed by atoms with Crippen molar-refractivity contribution >= 4 is 21.8 Å². The molecule has 2 atom stereocenters. The van der Waals surface area contributed by atoms with Crippen molar-refractivity contribution in [3.63, 3.8) is 0 Å². The van der Waals surface area contributed by atoms with Gasteiger partial charge in [-0.15, -0.1) is 0 Å². The fourth-order valence-corrected chi connectivity index (χ4v) is 6.86. The summed E-state index contributed by atoms with van der Waals surface area (Å²) < 4.78 is 55.8. The number of methoxy groups -OCH3 is 1. The van der Waals surface area contributed by atoms with Crippen molar-refractivity contribution in [1.29, 1.82) is 0 Å². The first-order valence-corrected chi connectivity index (χ1v) is 16.4. The molecule has 45 heavy (non-hydrogen) atoms. The number of fused-ring (bicyclic) bond motifs is 1. The number of ether oxygens (including phenoxy) is 5. The summed E-state index contributed by atoms with van der Waals surface area (Å²) in [4.78, 5) is 26.9. The van der Waals surface area contributed by atoms with E-state index in [4.69, 9.17) is 23.7 Å². The molecule has 2 aromatic rings. The number of aliphatic hydroxyl groups excluding tert-OH is 1. The lowest BCUT2D eigenvalue weighted by molar-refractivity contribution is -0.146. The molecule has 0 unspecified atom stereocenters. The minimum atomic E-state index is -3.93. The van der Waals surface area contributed by atoms with Crippen molar-refractivity contribution < 1.29 is 46.8 Å². The van der Waals surface area contributed by atoms with E-state index >= 15 is 0 Å². The summed E-state index contributed by atoms with van der Waals surface area (Å²) in [5.41, 5.74) is 0.873. The van der Waals surface area contributed by atoms with E-state index in [1.165, 1.54) is 19.2 Å². The van der Waals surface area contributed by atoms with E-state index in [-0.39, 0.29) is 55.6 Å². The van der Waals surface area contributed by atoms with Gasteiger partial charge in [0.05, 0.1) is 25.2 Å². The molecule has 3 aliphatic heterocycles. The highest BCUT2D eigenvalue weighted by Crippen LogP contribution is 2.38. The van der Waals surface area contributed by atoms with Crippen LogP contribution in [0, 0.1) is 0 Å². The number of sulfonamides is 1. The topological polar surface area (TPSA) is 153 Å². The van der Waals surface area contributed by atoms with Gasteiger partial charge in [0.25, 0.3) is 5.91 Å². The Hall–Kier alpha value is -3.85. The molecule has 1 fully saturated rings. The van der Waals surface area contributed by atoms with Gasteiger partial charge in [-0.3, -0.25) is 9.59 Å². The summed E-state index contributed by atoms with van der Waals surface area (Å²) in [7, 11) is -2.43. The molecule has 244 valence electrons. The average molecular weight is 646 g/mol. The summed E-state index contributed by atoms with van der Waals surface area (Å²) in [6, 6.07) is 11.6. The molecule has 1 saturated heterocycles. The third kappa shape index (κ3) is 8.06. The maximum absolute atomic E-state index is 13.3. The largest absolute Gasteiger partial charge is 0.497 e. The molecule has 14 heteroatoms. The number of nitrogens with zero attached hydrogens (tertiary/aromatic N) is 2. The van der Waals surface area contributed by atoms with E-state index in [0.717, 1.165) is 22.8 Å². The molecule has 2 amide bonds. The van der Waals surface area contributed by atoms with Gasteiger partial charge in [-0.05, 0) is 60.9 Å². The minimum absolute atomic E-state index is 0.0489. The Morgan fingerprint density at radius 3 is 2.67 bits per heavy atom. The predicted octanol–water partition coefficient (Wildman–Crippen LogP) is 1.97. The number of amides is 2. The van der Waals surface area contributed by atoms with E-state index in [1.807, 2.05) is 18.2 Å². The average Bonchev–Trinajstić information content (AvgIpc) is 3.70. The first-order chi connectivity index (χ1) is 21.8. The minimum Gasteiger partial charge on any atom is -0.497 e. The standard InChI is InChI=1S/C31H39N3O10S/c1-40-24-6-8-25(9-7-24)45(38,39)34(14-16-35)15-17-41-30-20-23(22-5-10-26-27(18-22)43-21-42-26)19-28(44-30)31(37)32-11-3-13-33-12-2-4-29(33)36/h5-10,18-19,23,30,35H,2-4,11-17,20-21H2,1H3,(H,32,37)/t23-,30+/m0/s1. The smallest absolute Gasteiger partial charge is 0.286 e. The molecule has 0 saturated carbocycles. The molecule has 0 spiro atoms. The summed E-state index contributed by atoms with van der Waals surface area (Å²) in [6.07, 6.45) is 3.29. The van der Waals surface area contributed by atoms with Crippen molar-refractivity contribution in [2.45, 2.75) is 42.8 Å². The summed E-state index contributed by atoms with van der Waals surface area (Å²) in [5.74, 6) is 1.32. The Balaban J connectivity index is 1.23. The van der Waals surface area contributed by atoms with Crippen LogP contribution in [0.4, 0.5) is 0 Å². The Morgan fingerprint density at radius 2 is 1.93 bits per heavy atom. The number of aliphatic hydroxyl groups is 1. The SMILES string of the molecule is COc1ccc(S(=O)(=O)N(CCO)CCO[C@H]2C[C@@H](c3ccc4c(c3)OCO4)C=C(C(=O)NCCCN3CCCC3=O)O2)cc1. The van der Waals surface area contributed by atoms with Crippen molar-refractivity contribution in [1.82, 2.24) is 14.5 Å². The highest BCUT2D eigenvalue weighted by atomic mass is 32.2. The number of hydrogen-bond acceptors (Lipinski definition) is 10. The maximum Gasteiger partial charge on any atom is 0.286 e. The van der Waals surface area contributed by atoms with Crippen LogP contribution in [0.25, 0.3) is 0 Å². The maximum atomic E-state index is 13.3. The van der Waals surface area contributed by atoms with Crippen LogP contribution < -0.4 is 19.5 Å². The van der Waals surface area contributed by atoms with E-state index in [9.17, 15) is 23.1 Å². The molecule has 0 bridgehead atoms. The number of carbonyl (C=O) groups excluding carboxylic acids is 2. The van der Waals surface area contributed by atoms with Crippen molar-refractivity contribution in [3.8, 4) is 17.2 Å². The third-order valence-electron chi connectivity index (χ3n) is 7.86.